The molecule has 5 aromatic rings. The number of nitrogens with zero attached hydrogens (tertiary/aromatic N) is 3. The van der Waals surface area contributed by atoms with Crippen LogP contribution in [0.15, 0.2) is 95.3 Å². The van der Waals surface area contributed by atoms with E-state index in [2.05, 4.69) is 20.6 Å². The Balaban J connectivity index is 1.41. The summed E-state index contributed by atoms with van der Waals surface area (Å²) in [5.74, 6) is -1.08. The summed E-state index contributed by atoms with van der Waals surface area (Å²) in [6, 6.07) is 26.4. The maximum atomic E-state index is 14.1. The molecule has 1 aliphatic heterocycles. The number of anilines is 2. The third-order valence-corrected chi connectivity index (χ3v) is 7.26. The molecule has 0 fully saturated rings. The Hall–Kier alpha value is -5.09. The van der Waals surface area contributed by atoms with E-state index in [9.17, 15) is 14.4 Å². The molecule has 0 saturated carbocycles. The third-order valence-electron chi connectivity index (χ3n) is 6.45. The second-order valence-corrected chi connectivity index (χ2v) is 10.1. The zero-order chi connectivity index (χ0) is 27.6. The summed E-state index contributed by atoms with van der Waals surface area (Å²) < 4.78 is 0. The van der Waals surface area contributed by atoms with Gasteiger partial charge in [-0.25, -0.2) is 9.98 Å². The number of aromatic nitrogens is 2. The van der Waals surface area contributed by atoms with Gasteiger partial charge in [0.05, 0.1) is 23.6 Å². The summed E-state index contributed by atoms with van der Waals surface area (Å²) in [5.41, 5.74) is 4.55. The Morgan fingerprint density at radius 1 is 1.00 bits per heavy atom. The molecule has 3 aromatic carbocycles. The van der Waals surface area contributed by atoms with Crippen molar-refractivity contribution in [1.29, 1.82) is 0 Å². The van der Waals surface area contributed by atoms with Crippen LogP contribution in [0, 0.1) is 0 Å². The topological polar surface area (TPSA) is 120 Å². The maximum absolute atomic E-state index is 14.1. The van der Waals surface area contributed by atoms with E-state index in [0.29, 0.717) is 27.9 Å². The highest BCUT2D eigenvalue weighted by atomic mass is 32.1. The molecule has 2 aromatic heterocycles. The van der Waals surface area contributed by atoms with Crippen molar-refractivity contribution < 1.29 is 14.4 Å². The van der Waals surface area contributed by atoms with Gasteiger partial charge in [-0.15, -0.1) is 11.3 Å². The van der Waals surface area contributed by atoms with Crippen LogP contribution >= 0.6 is 11.3 Å². The fraction of sp³-hybridized carbons (Fsp3) is 0.100. The molecule has 6 rings (SSSR count). The van der Waals surface area contributed by atoms with E-state index in [-0.39, 0.29) is 12.5 Å². The number of nitrogens with one attached hydrogen (secondary N) is 3. The van der Waals surface area contributed by atoms with Crippen LogP contribution in [0.3, 0.4) is 0 Å². The van der Waals surface area contributed by atoms with Crippen LogP contribution in [0.1, 0.15) is 34.2 Å². The lowest BCUT2D eigenvalue weighted by Gasteiger charge is -2.24. The number of para-hydroxylation sites is 2. The summed E-state index contributed by atoms with van der Waals surface area (Å²) in [6.45, 7) is 1.54. The van der Waals surface area contributed by atoms with Gasteiger partial charge in [0.2, 0.25) is 12.1 Å². The quantitative estimate of drug-likeness (QED) is 0.284. The van der Waals surface area contributed by atoms with Gasteiger partial charge in [0.25, 0.3) is 11.8 Å². The molecular formula is C30H24N6O3S. The normalized spacial score (nSPS) is 14.8. The van der Waals surface area contributed by atoms with Crippen LogP contribution in [0.4, 0.5) is 10.8 Å². The number of aromatic amines is 1. The van der Waals surface area contributed by atoms with Crippen molar-refractivity contribution in [2.24, 2.45) is 4.99 Å². The zero-order valence-corrected chi connectivity index (χ0v) is 22.2. The van der Waals surface area contributed by atoms with Gasteiger partial charge in [-0.3, -0.25) is 14.4 Å². The van der Waals surface area contributed by atoms with Gasteiger partial charge in [0, 0.05) is 34.3 Å². The fourth-order valence-corrected chi connectivity index (χ4v) is 5.41. The number of hydrogen-bond acceptors (Lipinski definition) is 6. The molecule has 198 valence electrons. The van der Waals surface area contributed by atoms with Crippen molar-refractivity contribution in [2.75, 3.05) is 10.2 Å². The minimum atomic E-state index is -1.20. The highest BCUT2D eigenvalue weighted by Gasteiger charge is 2.34. The lowest BCUT2D eigenvalue weighted by Crippen LogP contribution is -2.47. The minimum Gasteiger partial charge on any atom is -0.351 e. The number of carbonyl (C=O) groups is 3. The number of carbonyl (C=O) groups excluding carboxylic acids is 3. The average molecular weight is 549 g/mol. The first kappa shape index (κ1) is 25.2. The van der Waals surface area contributed by atoms with Gasteiger partial charge in [-0.1, -0.05) is 66.7 Å². The molecule has 0 radical (unpaired) electrons. The summed E-state index contributed by atoms with van der Waals surface area (Å²) in [4.78, 5) is 53.0. The second-order valence-electron chi connectivity index (χ2n) is 9.26. The van der Waals surface area contributed by atoms with Crippen LogP contribution in [-0.2, 0) is 16.1 Å². The smallest absolute Gasteiger partial charge is 0.272 e. The molecule has 0 aliphatic carbocycles. The van der Waals surface area contributed by atoms with Crippen molar-refractivity contribution in [3.8, 4) is 0 Å². The minimum absolute atomic E-state index is 0.127. The van der Waals surface area contributed by atoms with E-state index in [4.69, 9.17) is 4.99 Å². The molecule has 10 heteroatoms. The fourth-order valence-electron chi connectivity index (χ4n) is 4.66. The molecule has 3 amide bonds. The van der Waals surface area contributed by atoms with E-state index in [0.717, 1.165) is 22.0 Å². The Labute approximate surface area is 233 Å². The van der Waals surface area contributed by atoms with Crippen molar-refractivity contribution in [2.45, 2.75) is 19.6 Å². The summed E-state index contributed by atoms with van der Waals surface area (Å²) in [5, 5.41) is 8.66. The van der Waals surface area contributed by atoms with E-state index in [1.807, 2.05) is 78.9 Å². The van der Waals surface area contributed by atoms with Gasteiger partial charge in [0.15, 0.2) is 5.13 Å². The molecule has 0 spiro atoms. The number of hydrogen-bond donors (Lipinski definition) is 3. The number of thiazole rings is 1. The predicted octanol–water partition coefficient (Wildman–Crippen LogP) is 4.72. The van der Waals surface area contributed by atoms with Gasteiger partial charge in [-0.05, 0) is 18.2 Å². The zero-order valence-electron chi connectivity index (χ0n) is 21.4. The SMILES string of the molecule is CC(=O)Nc1nc(CN2C(=O)[C@@H](NC(=O)c3cc4ccccc4[nH]3)N=C(c3ccccc3)c3ccccc32)cs1. The molecule has 0 saturated heterocycles. The highest BCUT2D eigenvalue weighted by Crippen LogP contribution is 2.30. The van der Waals surface area contributed by atoms with Gasteiger partial charge >= 0.3 is 0 Å². The largest absolute Gasteiger partial charge is 0.351 e. The number of benzene rings is 3. The van der Waals surface area contributed by atoms with Crippen molar-refractivity contribution >= 4 is 56.5 Å². The molecule has 3 heterocycles. The number of benzodiazepines with no additional fused rings is 1. The molecule has 0 unspecified atom stereocenters. The van der Waals surface area contributed by atoms with Crippen molar-refractivity contribution in [1.82, 2.24) is 15.3 Å². The first-order valence-electron chi connectivity index (χ1n) is 12.6. The number of amides is 3. The van der Waals surface area contributed by atoms with Gasteiger partial charge in [0.1, 0.15) is 5.69 Å². The molecule has 3 N–H and O–H groups in total. The molecule has 40 heavy (non-hydrogen) atoms. The first-order valence-corrected chi connectivity index (χ1v) is 13.5. The van der Waals surface area contributed by atoms with Crippen molar-refractivity contribution in [3.05, 3.63) is 113 Å². The summed E-state index contributed by atoms with van der Waals surface area (Å²) in [6.07, 6.45) is -1.20. The van der Waals surface area contributed by atoms with Crippen LogP contribution < -0.4 is 15.5 Å². The highest BCUT2D eigenvalue weighted by molar-refractivity contribution is 7.13. The lowest BCUT2D eigenvalue weighted by atomic mass is 10.0. The Morgan fingerprint density at radius 2 is 1.75 bits per heavy atom. The number of fused-ring (bicyclic) bond motifs is 2. The Kier molecular flexibility index (Phi) is 6.67. The first-order chi connectivity index (χ1) is 19.5. The van der Waals surface area contributed by atoms with E-state index < -0.39 is 18.0 Å². The summed E-state index contributed by atoms with van der Waals surface area (Å²) in [7, 11) is 0. The monoisotopic (exact) mass is 548 g/mol. The standard InChI is InChI=1S/C30H24N6O3S/c1-18(37)31-30-32-21(17-40-30)16-36-25-14-8-6-12-22(25)26(19-9-3-2-4-10-19)34-27(29(36)39)35-28(38)24-15-20-11-5-7-13-23(20)33-24/h2-15,17,27,33H,16H2,1H3,(H,35,38)(H,31,32,37)/t27-/m1/s1. The van der Waals surface area contributed by atoms with E-state index in [1.165, 1.54) is 18.3 Å². The van der Waals surface area contributed by atoms with E-state index in [1.54, 1.807) is 16.3 Å². The van der Waals surface area contributed by atoms with Crippen LogP contribution in [0.25, 0.3) is 10.9 Å². The average Bonchev–Trinajstić information content (AvgIpc) is 3.58. The Morgan fingerprint density at radius 3 is 2.55 bits per heavy atom. The molecule has 9 nitrogen and oxygen atoms in total. The van der Waals surface area contributed by atoms with Crippen LogP contribution in [0.5, 0.6) is 0 Å². The molecule has 0 bridgehead atoms. The van der Waals surface area contributed by atoms with Gasteiger partial charge in [-0.2, -0.15) is 0 Å². The molecular weight excluding hydrogens is 524 g/mol. The van der Waals surface area contributed by atoms with Crippen molar-refractivity contribution in [3.63, 3.8) is 0 Å². The van der Waals surface area contributed by atoms with E-state index >= 15 is 0 Å². The van der Waals surface area contributed by atoms with Crippen LogP contribution in [-0.4, -0.2) is 39.6 Å². The predicted molar refractivity (Wildman–Crippen MR) is 156 cm³/mol. The van der Waals surface area contributed by atoms with Gasteiger partial charge < -0.3 is 20.5 Å². The number of H-pyrrole nitrogens is 1. The third kappa shape index (κ3) is 4.99. The summed E-state index contributed by atoms with van der Waals surface area (Å²) >= 11 is 1.28. The number of aliphatic imine (C=N–C) groups is 1. The Bertz CT molecular complexity index is 1740. The van der Waals surface area contributed by atoms with Crippen LogP contribution in [0.2, 0.25) is 0 Å². The molecule has 1 atom stereocenters. The second kappa shape index (κ2) is 10.6. The number of rotatable bonds is 6. The maximum Gasteiger partial charge on any atom is 0.272 e. The molecule has 1 aliphatic rings. The lowest BCUT2D eigenvalue weighted by molar-refractivity contribution is -0.120.